The van der Waals surface area contributed by atoms with E-state index in [0.29, 0.717) is 11.5 Å². The van der Waals surface area contributed by atoms with E-state index >= 15 is 0 Å². The lowest BCUT2D eigenvalue weighted by Crippen LogP contribution is -2.22. The van der Waals surface area contributed by atoms with E-state index in [1.165, 1.54) is 40.6 Å². The molecule has 0 saturated carbocycles. The summed E-state index contributed by atoms with van der Waals surface area (Å²) in [6.45, 7) is 0.372. The summed E-state index contributed by atoms with van der Waals surface area (Å²) in [5, 5.41) is 3.53. The molecule has 0 heterocycles. The first-order valence-electron chi connectivity index (χ1n) is 8.25. The van der Waals surface area contributed by atoms with E-state index < -0.39 is 16.1 Å². The van der Waals surface area contributed by atoms with Gasteiger partial charge in [-0.3, -0.25) is 4.28 Å². The van der Waals surface area contributed by atoms with Crippen molar-refractivity contribution < 1.29 is 41.2 Å². The summed E-state index contributed by atoms with van der Waals surface area (Å²) in [5.74, 6) is -0.453. The van der Waals surface area contributed by atoms with Gasteiger partial charge in [0.05, 0.1) is 26.6 Å². The predicted octanol–water partition coefficient (Wildman–Crippen LogP) is 0.980. The van der Waals surface area contributed by atoms with Gasteiger partial charge >= 0.3 is 16.1 Å². The Morgan fingerprint density at radius 3 is 2.25 bits per heavy atom. The van der Waals surface area contributed by atoms with Gasteiger partial charge in [0.2, 0.25) is 0 Å². The SMILES string of the molecule is COCCCS(=O)(=O)O/N=C(\C(=O)OCCOC)c1ccc(OC)c(OC)c1. The average Bonchev–Trinajstić information content (AvgIpc) is 2.68. The molecule has 0 saturated heterocycles. The van der Waals surface area contributed by atoms with Gasteiger partial charge in [-0.25, -0.2) is 4.79 Å². The van der Waals surface area contributed by atoms with E-state index in [1.54, 1.807) is 6.07 Å². The highest BCUT2D eigenvalue weighted by Gasteiger charge is 2.21. The fourth-order valence-electron chi connectivity index (χ4n) is 1.99. The zero-order chi connectivity index (χ0) is 21.0. The maximum atomic E-state index is 12.4. The molecule has 11 heteroatoms. The maximum Gasteiger partial charge on any atom is 0.361 e. The standard InChI is InChI=1S/C17H25NO9S/c1-22-8-5-11-28(20,21)27-18-16(17(19)26-10-9-23-2)13-6-7-14(24-3)15(12-13)25-4/h6-7,12H,5,8-11H2,1-4H3/b18-16-. The van der Waals surface area contributed by atoms with Crippen molar-refractivity contribution in [2.75, 3.05) is 54.0 Å². The molecule has 0 spiro atoms. The quantitative estimate of drug-likeness (QED) is 0.199. The molecule has 0 atom stereocenters. The lowest BCUT2D eigenvalue weighted by Gasteiger charge is -2.11. The van der Waals surface area contributed by atoms with Crippen molar-refractivity contribution in [1.82, 2.24) is 0 Å². The molecule has 0 N–H and O–H groups in total. The Bertz CT molecular complexity index is 762. The van der Waals surface area contributed by atoms with Gasteiger partial charge in [0.25, 0.3) is 0 Å². The smallest absolute Gasteiger partial charge is 0.361 e. The van der Waals surface area contributed by atoms with E-state index in [2.05, 4.69) is 9.44 Å². The number of ether oxygens (including phenoxy) is 5. The number of rotatable bonds is 13. The van der Waals surface area contributed by atoms with Crippen LogP contribution in [-0.2, 0) is 33.4 Å². The van der Waals surface area contributed by atoms with Crippen LogP contribution in [0.15, 0.2) is 23.4 Å². The highest BCUT2D eigenvalue weighted by atomic mass is 32.2. The third kappa shape index (κ3) is 7.71. The Morgan fingerprint density at radius 2 is 1.64 bits per heavy atom. The lowest BCUT2D eigenvalue weighted by molar-refractivity contribution is -0.136. The van der Waals surface area contributed by atoms with Crippen LogP contribution >= 0.6 is 0 Å². The van der Waals surface area contributed by atoms with E-state index in [4.69, 9.17) is 23.7 Å². The van der Waals surface area contributed by atoms with E-state index in [-0.39, 0.29) is 43.3 Å². The van der Waals surface area contributed by atoms with Crippen molar-refractivity contribution in [3.63, 3.8) is 0 Å². The van der Waals surface area contributed by atoms with Crippen LogP contribution in [0.25, 0.3) is 0 Å². The molecule has 0 amide bonds. The average molecular weight is 419 g/mol. The Morgan fingerprint density at radius 1 is 0.964 bits per heavy atom. The number of hydrogen-bond donors (Lipinski definition) is 0. The zero-order valence-corrected chi connectivity index (χ0v) is 17.1. The first kappa shape index (κ1) is 23.7. The molecule has 158 valence electrons. The van der Waals surface area contributed by atoms with Crippen LogP contribution in [0.5, 0.6) is 11.5 Å². The largest absolute Gasteiger partial charge is 0.493 e. The fourth-order valence-corrected chi connectivity index (χ4v) is 2.72. The summed E-state index contributed by atoms with van der Waals surface area (Å²) in [7, 11) is 1.79. The second-order valence-electron chi connectivity index (χ2n) is 5.32. The van der Waals surface area contributed by atoms with Gasteiger partial charge in [0.15, 0.2) is 17.2 Å². The molecule has 1 rings (SSSR count). The summed E-state index contributed by atoms with van der Waals surface area (Å²) in [6.07, 6.45) is 0.221. The molecule has 10 nitrogen and oxygen atoms in total. The third-order valence-corrected chi connectivity index (χ3v) is 4.45. The van der Waals surface area contributed by atoms with Gasteiger partial charge in [0, 0.05) is 26.4 Å². The molecule has 0 aliphatic carbocycles. The third-order valence-electron chi connectivity index (χ3n) is 3.36. The molecule has 1 aromatic rings. The summed E-state index contributed by atoms with van der Waals surface area (Å²) >= 11 is 0. The fraction of sp³-hybridized carbons (Fsp3) is 0.529. The monoisotopic (exact) mass is 419 g/mol. The Balaban J connectivity index is 3.13. The number of esters is 1. The van der Waals surface area contributed by atoms with Crippen molar-refractivity contribution >= 4 is 21.8 Å². The molecule has 0 aliphatic heterocycles. The molecule has 0 bridgehead atoms. The van der Waals surface area contributed by atoms with Gasteiger partial charge in [-0.05, 0) is 24.6 Å². The van der Waals surface area contributed by atoms with Crippen LogP contribution < -0.4 is 9.47 Å². The van der Waals surface area contributed by atoms with Gasteiger partial charge in [0.1, 0.15) is 6.61 Å². The Kier molecular flexibility index (Phi) is 10.3. The minimum Gasteiger partial charge on any atom is -0.493 e. The summed E-state index contributed by atoms with van der Waals surface area (Å²) in [6, 6.07) is 4.49. The van der Waals surface area contributed by atoms with Gasteiger partial charge < -0.3 is 23.7 Å². The highest BCUT2D eigenvalue weighted by molar-refractivity contribution is 7.86. The second kappa shape index (κ2) is 12.2. The van der Waals surface area contributed by atoms with Crippen molar-refractivity contribution in [2.45, 2.75) is 6.42 Å². The van der Waals surface area contributed by atoms with Crippen LogP contribution in [0.4, 0.5) is 0 Å². The first-order chi connectivity index (χ1) is 13.4. The number of carbonyl (C=O) groups is 1. The minimum absolute atomic E-state index is 0.0395. The van der Waals surface area contributed by atoms with E-state index in [0.717, 1.165) is 0 Å². The number of oxime groups is 1. The molecule has 0 radical (unpaired) electrons. The van der Waals surface area contributed by atoms with Crippen molar-refractivity contribution in [3.8, 4) is 11.5 Å². The molecular formula is C17H25NO9S. The van der Waals surface area contributed by atoms with Gasteiger partial charge in [-0.15, -0.1) is 0 Å². The zero-order valence-electron chi connectivity index (χ0n) is 16.3. The number of hydrogen-bond acceptors (Lipinski definition) is 10. The second-order valence-corrected chi connectivity index (χ2v) is 6.99. The van der Waals surface area contributed by atoms with Crippen LogP contribution in [0.2, 0.25) is 0 Å². The van der Waals surface area contributed by atoms with Crippen LogP contribution in [0.3, 0.4) is 0 Å². The number of carbonyl (C=O) groups excluding carboxylic acids is 1. The molecular weight excluding hydrogens is 394 g/mol. The van der Waals surface area contributed by atoms with Gasteiger partial charge in [-0.1, -0.05) is 5.16 Å². The normalized spacial score (nSPS) is 11.8. The summed E-state index contributed by atoms with van der Waals surface area (Å²) < 4.78 is 53.5. The molecule has 28 heavy (non-hydrogen) atoms. The molecule has 0 aromatic heterocycles. The van der Waals surface area contributed by atoms with Gasteiger partial charge in [-0.2, -0.15) is 8.42 Å². The summed E-state index contributed by atoms with van der Waals surface area (Å²) in [4.78, 5) is 12.4. The summed E-state index contributed by atoms with van der Waals surface area (Å²) in [5.41, 5.74) is -0.112. The molecule has 1 aromatic carbocycles. The number of methoxy groups -OCH3 is 4. The van der Waals surface area contributed by atoms with Crippen LogP contribution in [0, 0.1) is 0 Å². The minimum atomic E-state index is -4.00. The first-order valence-corrected chi connectivity index (χ1v) is 9.83. The molecule has 0 fully saturated rings. The molecule has 0 unspecified atom stereocenters. The van der Waals surface area contributed by atoms with E-state index in [9.17, 15) is 13.2 Å². The number of benzene rings is 1. The molecule has 0 aliphatic rings. The Labute approximate surface area is 164 Å². The van der Waals surface area contributed by atoms with Crippen molar-refractivity contribution in [1.29, 1.82) is 0 Å². The Hall–Kier alpha value is -2.37. The number of nitrogens with zero attached hydrogens (tertiary/aromatic N) is 1. The van der Waals surface area contributed by atoms with Crippen LogP contribution in [0.1, 0.15) is 12.0 Å². The van der Waals surface area contributed by atoms with Crippen molar-refractivity contribution in [2.24, 2.45) is 5.16 Å². The van der Waals surface area contributed by atoms with E-state index in [1.807, 2.05) is 0 Å². The maximum absolute atomic E-state index is 12.4. The topological polar surface area (TPSA) is 119 Å². The predicted molar refractivity (Wildman–Crippen MR) is 100 cm³/mol. The van der Waals surface area contributed by atoms with Crippen molar-refractivity contribution in [3.05, 3.63) is 23.8 Å². The van der Waals surface area contributed by atoms with Crippen LogP contribution in [-0.4, -0.2) is 74.1 Å². The highest BCUT2D eigenvalue weighted by Crippen LogP contribution is 2.28. The lowest BCUT2D eigenvalue weighted by atomic mass is 10.1.